The first-order valence-corrected chi connectivity index (χ1v) is 7.68. The van der Waals surface area contributed by atoms with Crippen molar-refractivity contribution in [2.45, 2.75) is 84.5 Å². The minimum absolute atomic E-state index is 1.23. The van der Waals surface area contributed by atoms with Crippen LogP contribution in [0.1, 0.15) is 84.5 Å². The normalized spacial score (nSPS) is 11.9. The van der Waals surface area contributed by atoms with Crippen LogP contribution in [0.15, 0.2) is 24.3 Å². The van der Waals surface area contributed by atoms with Crippen LogP contribution in [-0.4, -0.2) is 0 Å². The van der Waals surface area contributed by atoms with Gasteiger partial charge in [0.15, 0.2) is 0 Å². The molecule has 0 radical (unpaired) electrons. The van der Waals surface area contributed by atoms with Gasteiger partial charge in [0.05, 0.1) is 0 Å². The summed E-state index contributed by atoms with van der Waals surface area (Å²) in [4.78, 5) is 0. The van der Waals surface area contributed by atoms with Crippen molar-refractivity contribution >= 4 is 0 Å². The molecule has 0 aliphatic rings. The maximum atomic E-state index is 2.38. The van der Waals surface area contributed by atoms with Crippen LogP contribution in [0.5, 0.6) is 0 Å². The molecule has 0 aliphatic carbocycles. The third kappa shape index (κ3) is 15.5. The molecule has 0 rings (SSSR count). The van der Waals surface area contributed by atoms with E-state index in [0.29, 0.717) is 0 Å². The molecule has 0 aromatic carbocycles. The maximum Gasteiger partial charge on any atom is -0.0348 e. The highest BCUT2D eigenvalue weighted by Gasteiger charge is 1.89. The molecule has 0 bridgehead atoms. The van der Waals surface area contributed by atoms with Gasteiger partial charge in [-0.15, -0.1) is 0 Å². The van der Waals surface area contributed by atoms with Gasteiger partial charge in [-0.2, -0.15) is 0 Å². The molecule has 0 aliphatic heterocycles. The van der Waals surface area contributed by atoms with Crippen LogP contribution in [0.3, 0.4) is 0 Å². The van der Waals surface area contributed by atoms with Gasteiger partial charge < -0.3 is 0 Å². The Kier molecular flexibility index (Phi) is 15.0. The molecule has 0 N–H and O–H groups in total. The standard InChI is InChI=1S/C17H32/c1-3-5-7-9-11-13-15-17-16-14-12-10-8-6-4-2/h3,5,13,15H,4,6-12,14,16-17H2,1-2H3. The molecule has 0 fully saturated rings. The molecule has 0 saturated heterocycles. The van der Waals surface area contributed by atoms with Crippen LogP contribution in [0, 0.1) is 0 Å². The topological polar surface area (TPSA) is 0 Å². The van der Waals surface area contributed by atoms with E-state index in [1.54, 1.807) is 0 Å². The maximum absolute atomic E-state index is 2.38. The van der Waals surface area contributed by atoms with Crippen LogP contribution in [0.4, 0.5) is 0 Å². The molecule has 0 aromatic heterocycles. The van der Waals surface area contributed by atoms with Gasteiger partial charge in [0, 0.05) is 0 Å². The fourth-order valence-electron chi connectivity index (χ4n) is 1.98. The summed E-state index contributed by atoms with van der Waals surface area (Å²) in [7, 11) is 0. The third-order valence-electron chi connectivity index (χ3n) is 3.12. The van der Waals surface area contributed by atoms with Gasteiger partial charge in [0.1, 0.15) is 0 Å². The molecule has 0 heterocycles. The van der Waals surface area contributed by atoms with E-state index in [4.69, 9.17) is 0 Å². The van der Waals surface area contributed by atoms with Gasteiger partial charge in [0.25, 0.3) is 0 Å². The first kappa shape index (κ1) is 16.5. The van der Waals surface area contributed by atoms with E-state index in [0.717, 1.165) is 0 Å². The zero-order valence-electron chi connectivity index (χ0n) is 12.1. The van der Waals surface area contributed by atoms with Crippen molar-refractivity contribution in [3.63, 3.8) is 0 Å². The molecular formula is C17H32. The van der Waals surface area contributed by atoms with Crippen molar-refractivity contribution in [2.75, 3.05) is 0 Å². The molecule has 0 unspecified atom stereocenters. The predicted octanol–water partition coefficient (Wildman–Crippen LogP) is 6.43. The van der Waals surface area contributed by atoms with Gasteiger partial charge >= 0.3 is 0 Å². The van der Waals surface area contributed by atoms with E-state index in [9.17, 15) is 0 Å². The predicted molar refractivity (Wildman–Crippen MR) is 80.4 cm³/mol. The second-order valence-corrected chi connectivity index (χ2v) is 4.88. The smallest absolute Gasteiger partial charge is 0.0348 e. The van der Waals surface area contributed by atoms with Crippen LogP contribution in [-0.2, 0) is 0 Å². The zero-order chi connectivity index (χ0) is 12.6. The summed E-state index contributed by atoms with van der Waals surface area (Å²) < 4.78 is 0. The van der Waals surface area contributed by atoms with Crippen molar-refractivity contribution in [3.8, 4) is 0 Å². The van der Waals surface area contributed by atoms with Crippen molar-refractivity contribution in [1.29, 1.82) is 0 Å². The second-order valence-electron chi connectivity index (χ2n) is 4.88. The van der Waals surface area contributed by atoms with E-state index in [2.05, 4.69) is 38.2 Å². The first-order chi connectivity index (χ1) is 8.41. The molecule has 100 valence electrons. The minimum Gasteiger partial charge on any atom is -0.0917 e. The van der Waals surface area contributed by atoms with Gasteiger partial charge in [-0.25, -0.2) is 0 Å². The Hall–Kier alpha value is -0.520. The second kappa shape index (κ2) is 15.5. The highest BCUT2D eigenvalue weighted by atomic mass is 14.0. The average Bonchev–Trinajstić information content (AvgIpc) is 2.35. The van der Waals surface area contributed by atoms with E-state index in [1.165, 1.54) is 70.6 Å². The summed E-state index contributed by atoms with van der Waals surface area (Å²) in [5.41, 5.74) is 0. The SMILES string of the molecule is CC=CCCCC=CCCCCCCCCC. The largest absolute Gasteiger partial charge is 0.0917 e. The van der Waals surface area contributed by atoms with E-state index in [-0.39, 0.29) is 0 Å². The molecule has 0 saturated carbocycles. The van der Waals surface area contributed by atoms with E-state index >= 15 is 0 Å². The van der Waals surface area contributed by atoms with E-state index in [1.807, 2.05) is 0 Å². The fraction of sp³-hybridized carbons (Fsp3) is 0.765. The molecular weight excluding hydrogens is 204 g/mol. The van der Waals surface area contributed by atoms with Crippen LogP contribution >= 0.6 is 0 Å². The number of allylic oxidation sites excluding steroid dienone is 4. The van der Waals surface area contributed by atoms with Crippen LogP contribution < -0.4 is 0 Å². The summed E-state index contributed by atoms with van der Waals surface area (Å²) >= 11 is 0. The lowest BCUT2D eigenvalue weighted by molar-refractivity contribution is 0.592. The lowest BCUT2D eigenvalue weighted by Gasteiger charge is -1.98. The first-order valence-electron chi connectivity index (χ1n) is 7.68. The number of hydrogen-bond acceptors (Lipinski definition) is 0. The van der Waals surface area contributed by atoms with E-state index < -0.39 is 0 Å². The monoisotopic (exact) mass is 236 g/mol. The van der Waals surface area contributed by atoms with Gasteiger partial charge in [-0.3, -0.25) is 0 Å². The Morgan fingerprint density at radius 2 is 1.12 bits per heavy atom. The summed E-state index contributed by atoms with van der Waals surface area (Å²) in [6.45, 7) is 4.37. The summed E-state index contributed by atoms with van der Waals surface area (Å²) in [6.07, 6.45) is 24.1. The van der Waals surface area contributed by atoms with Crippen molar-refractivity contribution < 1.29 is 0 Å². The van der Waals surface area contributed by atoms with Gasteiger partial charge in [-0.1, -0.05) is 69.8 Å². The Morgan fingerprint density at radius 1 is 0.588 bits per heavy atom. The van der Waals surface area contributed by atoms with Crippen molar-refractivity contribution in [2.24, 2.45) is 0 Å². The third-order valence-corrected chi connectivity index (χ3v) is 3.12. The molecule has 0 aromatic rings. The molecule has 0 heteroatoms. The lowest BCUT2D eigenvalue weighted by Crippen LogP contribution is -1.79. The fourth-order valence-corrected chi connectivity index (χ4v) is 1.98. The Balaban J connectivity index is 3.03. The number of unbranched alkanes of at least 4 members (excludes halogenated alkanes) is 9. The molecule has 17 heavy (non-hydrogen) atoms. The average molecular weight is 236 g/mol. The molecule has 0 amide bonds. The van der Waals surface area contributed by atoms with Crippen LogP contribution in [0.25, 0.3) is 0 Å². The minimum atomic E-state index is 1.23. The summed E-state index contributed by atoms with van der Waals surface area (Å²) in [5, 5.41) is 0. The van der Waals surface area contributed by atoms with Gasteiger partial charge in [0.2, 0.25) is 0 Å². The zero-order valence-corrected chi connectivity index (χ0v) is 12.1. The molecule has 0 atom stereocenters. The summed E-state index contributed by atoms with van der Waals surface area (Å²) in [6, 6.07) is 0. The lowest BCUT2D eigenvalue weighted by atomic mass is 10.1. The number of hydrogen-bond donors (Lipinski definition) is 0. The molecule has 0 spiro atoms. The van der Waals surface area contributed by atoms with Crippen LogP contribution in [0.2, 0.25) is 0 Å². The van der Waals surface area contributed by atoms with Crippen molar-refractivity contribution in [3.05, 3.63) is 24.3 Å². The quantitative estimate of drug-likeness (QED) is 0.270. The number of rotatable bonds is 12. The highest BCUT2D eigenvalue weighted by molar-refractivity contribution is 4.83. The summed E-state index contributed by atoms with van der Waals surface area (Å²) in [5.74, 6) is 0. The van der Waals surface area contributed by atoms with Crippen molar-refractivity contribution in [1.82, 2.24) is 0 Å². The van der Waals surface area contributed by atoms with Gasteiger partial charge in [-0.05, 0) is 39.0 Å². The Labute approximate surface area is 109 Å². The Bertz CT molecular complexity index is 176. The molecule has 0 nitrogen and oxygen atoms in total. The Morgan fingerprint density at radius 3 is 1.76 bits per heavy atom. The highest BCUT2D eigenvalue weighted by Crippen LogP contribution is 2.09.